The average molecular weight is 226 g/mol. The molecule has 0 fully saturated rings. The molecule has 4 heteroatoms. The Morgan fingerprint density at radius 1 is 1.53 bits per heavy atom. The molecule has 1 rings (SSSR count). The molecular weight excluding hydrogens is 214 g/mol. The Bertz CT molecular complexity index is 409. The maximum Gasteiger partial charge on any atom is 0.235 e. The van der Waals surface area contributed by atoms with Gasteiger partial charge in [0.05, 0.1) is 6.54 Å². The second-order valence-corrected chi connectivity index (χ2v) is 4.00. The van der Waals surface area contributed by atoms with Gasteiger partial charge in [0.2, 0.25) is 6.08 Å². The Kier molecular flexibility index (Phi) is 3.89. The first-order chi connectivity index (χ1) is 7.06. The molecule has 1 aromatic carbocycles. The number of isocyanates is 1. The molecule has 0 radical (unpaired) electrons. The van der Waals surface area contributed by atoms with Gasteiger partial charge in [-0.15, -0.1) is 0 Å². The number of aliphatic imine (C=N–C) groups is 1. The highest BCUT2D eigenvalue weighted by Crippen LogP contribution is 2.32. The van der Waals surface area contributed by atoms with Crippen LogP contribution in [0.1, 0.15) is 30.9 Å². The van der Waals surface area contributed by atoms with Crippen LogP contribution in [-0.2, 0) is 11.3 Å². The fraction of sp³-hybridized carbons (Fsp3) is 0.364. The zero-order valence-corrected chi connectivity index (χ0v) is 9.38. The standard InChI is InChI=1S/C11H12ClNO2/c1-7(2)10-4-9(12)3-8(11(10)15)5-13-6-14/h3-4,7,15H,5H2,1-2H3. The van der Waals surface area contributed by atoms with E-state index < -0.39 is 0 Å². The van der Waals surface area contributed by atoms with Gasteiger partial charge in [0.25, 0.3) is 0 Å². The van der Waals surface area contributed by atoms with Crippen LogP contribution in [0.2, 0.25) is 5.02 Å². The molecule has 1 N–H and O–H groups in total. The van der Waals surface area contributed by atoms with Crippen LogP contribution in [0, 0.1) is 0 Å². The van der Waals surface area contributed by atoms with Crippen molar-refractivity contribution in [2.24, 2.45) is 4.99 Å². The number of rotatable bonds is 3. The van der Waals surface area contributed by atoms with Gasteiger partial charge < -0.3 is 5.11 Å². The molecule has 0 aliphatic rings. The lowest BCUT2D eigenvalue weighted by Gasteiger charge is -2.11. The van der Waals surface area contributed by atoms with E-state index in [1.165, 1.54) is 6.08 Å². The van der Waals surface area contributed by atoms with Gasteiger partial charge in [0.15, 0.2) is 0 Å². The van der Waals surface area contributed by atoms with Gasteiger partial charge in [-0.2, -0.15) is 0 Å². The van der Waals surface area contributed by atoms with Gasteiger partial charge in [0, 0.05) is 10.6 Å². The number of carbonyl (C=O) groups excluding carboxylic acids is 1. The lowest BCUT2D eigenvalue weighted by Crippen LogP contribution is -1.93. The summed E-state index contributed by atoms with van der Waals surface area (Å²) in [6.07, 6.45) is 1.43. The topological polar surface area (TPSA) is 49.7 Å². The quantitative estimate of drug-likeness (QED) is 0.635. The third kappa shape index (κ3) is 2.82. The molecular formula is C11H12ClNO2. The van der Waals surface area contributed by atoms with Crippen molar-refractivity contribution in [1.29, 1.82) is 0 Å². The van der Waals surface area contributed by atoms with Crippen molar-refractivity contribution in [1.82, 2.24) is 0 Å². The molecule has 0 unspecified atom stereocenters. The van der Waals surface area contributed by atoms with E-state index >= 15 is 0 Å². The lowest BCUT2D eigenvalue weighted by molar-refractivity contribution is 0.458. The van der Waals surface area contributed by atoms with Crippen LogP contribution >= 0.6 is 11.6 Å². The Balaban J connectivity index is 3.21. The second kappa shape index (κ2) is 4.96. The maximum absolute atomic E-state index is 9.99. The minimum absolute atomic E-state index is 0.107. The normalized spacial score (nSPS) is 10.1. The first-order valence-corrected chi connectivity index (χ1v) is 4.99. The molecule has 3 nitrogen and oxygen atoms in total. The molecule has 0 saturated heterocycles. The van der Waals surface area contributed by atoms with Gasteiger partial charge in [0.1, 0.15) is 5.75 Å². The van der Waals surface area contributed by atoms with E-state index in [0.29, 0.717) is 10.6 Å². The van der Waals surface area contributed by atoms with Gasteiger partial charge in [-0.3, -0.25) is 0 Å². The van der Waals surface area contributed by atoms with Crippen molar-refractivity contribution in [3.05, 3.63) is 28.3 Å². The Labute approximate surface area is 93.4 Å². The van der Waals surface area contributed by atoms with Gasteiger partial charge in [-0.1, -0.05) is 25.4 Å². The van der Waals surface area contributed by atoms with E-state index in [2.05, 4.69) is 4.99 Å². The predicted molar refractivity (Wildman–Crippen MR) is 59.0 cm³/mol. The van der Waals surface area contributed by atoms with Crippen LogP contribution in [0.15, 0.2) is 17.1 Å². The number of halogens is 1. The molecule has 0 aliphatic carbocycles. The third-order valence-corrected chi connectivity index (χ3v) is 2.34. The van der Waals surface area contributed by atoms with Crippen LogP contribution in [0.4, 0.5) is 0 Å². The van der Waals surface area contributed by atoms with E-state index in [0.717, 1.165) is 5.56 Å². The first-order valence-electron chi connectivity index (χ1n) is 4.61. The van der Waals surface area contributed by atoms with Crippen LogP contribution in [0.5, 0.6) is 5.75 Å². The molecule has 1 aromatic rings. The van der Waals surface area contributed by atoms with Crippen molar-refractivity contribution < 1.29 is 9.90 Å². The summed E-state index contributed by atoms with van der Waals surface area (Å²) in [7, 11) is 0. The lowest BCUT2D eigenvalue weighted by atomic mass is 9.99. The van der Waals surface area contributed by atoms with Crippen molar-refractivity contribution >= 4 is 17.7 Å². The number of benzene rings is 1. The Morgan fingerprint density at radius 2 is 2.20 bits per heavy atom. The summed E-state index contributed by atoms with van der Waals surface area (Å²) >= 11 is 5.89. The smallest absolute Gasteiger partial charge is 0.235 e. The highest BCUT2D eigenvalue weighted by Gasteiger charge is 2.11. The molecule has 0 bridgehead atoms. The minimum atomic E-state index is 0.107. The van der Waals surface area contributed by atoms with E-state index in [4.69, 9.17) is 11.6 Å². The number of nitrogens with zero attached hydrogens (tertiary/aromatic N) is 1. The molecule has 0 saturated carbocycles. The highest BCUT2D eigenvalue weighted by atomic mass is 35.5. The van der Waals surface area contributed by atoms with Crippen LogP contribution in [-0.4, -0.2) is 11.2 Å². The molecule has 15 heavy (non-hydrogen) atoms. The zero-order chi connectivity index (χ0) is 11.4. The van der Waals surface area contributed by atoms with Gasteiger partial charge in [-0.25, -0.2) is 9.79 Å². The average Bonchev–Trinajstić information content (AvgIpc) is 2.18. The van der Waals surface area contributed by atoms with E-state index in [1.54, 1.807) is 12.1 Å². The highest BCUT2D eigenvalue weighted by molar-refractivity contribution is 6.30. The summed E-state index contributed by atoms with van der Waals surface area (Å²) < 4.78 is 0. The molecule has 0 atom stereocenters. The van der Waals surface area contributed by atoms with Crippen LogP contribution < -0.4 is 0 Å². The van der Waals surface area contributed by atoms with Crippen LogP contribution in [0.25, 0.3) is 0 Å². The molecule has 0 aliphatic heterocycles. The molecule has 0 amide bonds. The summed E-state index contributed by atoms with van der Waals surface area (Å²) in [6, 6.07) is 3.32. The SMILES string of the molecule is CC(C)c1cc(Cl)cc(CN=C=O)c1O. The summed E-state index contributed by atoms with van der Waals surface area (Å²) in [4.78, 5) is 13.4. The van der Waals surface area contributed by atoms with Crippen molar-refractivity contribution in [2.75, 3.05) is 0 Å². The van der Waals surface area contributed by atoms with Crippen molar-refractivity contribution in [2.45, 2.75) is 26.3 Å². The summed E-state index contributed by atoms with van der Waals surface area (Å²) in [6.45, 7) is 4.02. The van der Waals surface area contributed by atoms with E-state index in [1.807, 2.05) is 13.8 Å². The number of phenols is 1. The number of hydrogen-bond donors (Lipinski definition) is 1. The molecule has 0 aromatic heterocycles. The fourth-order valence-corrected chi connectivity index (χ4v) is 1.61. The largest absolute Gasteiger partial charge is 0.507 e. The minimum Gasteiger partial charge on any atom is -0.507 e. The summed E-state index contributed by atoms with van der Waals surface area (Å²) in [5, 5.41) is 10.4. The molecule has 0 spiro atoms. The summed E-state index contributed by atoms with van der Waals surface area (Å²) in [5.74, 6) is 0.330. The van der Waals surface area contributed by atoms with Crippen molar-refractivity contribution in [3.8, 4) is 5.75 Å². The van der Waals surface area contributed by atoms with E-state index in [-0.39, 0.29) is 18.2 Å². The number of phenolic OH excluding ortho intramolecular Hbond substituents is 1. The summed E-state index contributed by atoms with van der Waals surface area (Å²) in [5.41, 5.74) is 1.31. The van der Waals surface area contributed by atoms with Gasteiger partial charge >= 0.3 is 0 Å². The first kappa shape index (κ1) is 11.8. The van der Waals surface area contributed by atoms with Gasteiger partial charge in [-0.05, 0) is 23.6 Å². The Hall–Kier alpha value is -1.31. The molecule has 80 valence electrons. The molecule has 0 heterocycles. The van der Waals surface area contributed by atoms with Crippen LogP contribution in [0.3, 0.4) is 0 Å². The second-order valence-electron chi connectivity index (χ2n) is 3.56. The zero-order valence-electron chi connectivity index (χ0n) is 8.62. The number of hydrogen-bond acceptors (Lipinski definition) is 3. The Morgan fingerprint density at radius 3 is 2.73 bits per heavy atom. The third-order valence-electron chi connectivity index (χ3n) is 2.12. The van der Waals surface area contributed by atoms with E-state index in [9.17, 15) is 9.90 Å². The number of aromatic hydroxyl groups is 1. The monoisotopic (exact) mass is 225 g/mol. The maximum atomic E-state index is 9.99. The van der Waals surface area contributed by atoms with Crippen molar-refractivity contribution in [3.63, 3.8) is 0 Å². The fourth-order valence-electron chi connectivity index (χ4n) is 1.36. The predicted octanol–water partition coefficient (Wildman–Crippen LogP) is 3.00.